The first-order chi connectivity index (χ1) is 16.0. The van der Waals surface area contributed by atoms with Crippen LogP contribution < -0.4 is 19.5 Å². The van der Waals surface area contributed by atoms with E-state index >= 15 is 0 Å². The van der Waals surface area contributed by atoms with Crippen molar-refractivity contribution in [1.29, 1.82) is 0 Å². The topological polar surface area (TPSA) is 87.5 Å². The average molecular weight is 489 g/mol. The summed E-state index contributed by atoms with van der Waals surface area (Å²) in [7, 11) is 4.64. The van der Waals surface area contributed by atoms with Crippen LogP contribution in [0.1, 0.15) is 16.2 Å². The number of thioether (sulfide) groups is 1. The zero-order chi connectivity index (χ0) is 23.8. The van der Waals surface area contributed by atoms with Crippen LogP contribution in [0.4, 0.5) is 0 Å². The van der Waals surface area contributed by atoms with Gasteiger partial charge in [0.2, 0.25) is 0 Å². The van der Waals surface area contributed by atoms with Gasteiger partial charge in [0.1, 0.15) is 28.6 Å². The Hall–Kier alpha value is -3.17. The number of halogens is 1. The molecule has 3 rings (SSSR count). The third-order valence-electron chi connectivity index (χ3n) is 4.68. The van der Waals surface area contributed by atoms with Gasteiger partial charge in [-0.25, -0.2) is 0 Å². The zero-order valence-electron chi connectivity index (χ0n) is 18.6. The van der Waals surface area contributed by atoms with Gasteiger partial charge in [-0.15, -0.1) is 10.2 Å². The molecule has 1 heterocycles. The lowest BCUT2D eigenvalue weighted by molar-refractivity contribution is 0.0947. The minimum Gasteiger partial charge on any atom is -0.497 e. The Balaban J connectivity index is 1.79. The number of hydrogen-bond donors (Lipinski definition) is 1. The molecular formula is C23H25ClN4O4S. The van der Waals surface area contributed by atoms with Crippen molar-refractivity contribution >= 4 is 29.3 Å². The summed E-state index contributed by atoms with van der Waals surface area (Å²) in [5.41, 5.74) is 1.21. The maximum atomic E-state index is 12.8. The lowest BCUT2D eigenvalue weighted by atomic mass is 10.1. The number of hydrogen-bond acceptors (Lipinski definition) is 7. The molecule has 33 heavy (non-hydrogen) atoms. The summed E-state index contributed by atoms with van der Waals surface area (Å²) < 4.78 is 17.8. The van der Waals surface area contributed by atoms with Crippen molar-refractivity contribution in [2.75, 3.05) is 33.6 Å². The number of amides is 1. The number of nitrogens with one attached hydrogen (secondary N) is 1. The van der Waals surface area contributed by atoms with Crippen LogP contribution >= 0.6 is 23.4 Å². The Kier molecular flexibility index (Phi) is 8.62. The first-order valence-electron chi connectivity index (χ1n) is 10.0. The summed E-state index contributed by atoms with van der Waals surface area (Å²) in [6, 6.07) is 12.8. The molecule has 0 bridgehead atoms. The molecule has 0 saturated heterocycles. The molecule has 174 valence electrons. The Morgan fingerprint density at radius 2 is 1.73 bits per heavy atom. The van der Waals surface area contributed by atoms with E-state index in [2.05, 4.69) is 22.1 Å². The molecule has 0 saturated carbocycles. The van der Waals surface area contributed by atoms with Gasteiger partial charge in [-0.05, 0) is 36.4 Å². The Morgan fingerprint density at radius 1 is 1.06 bits per heavy atom. The van der Waals surface area contributed by atoms with Crippen LogP contribution in [-0.2, 0) is 6.42 Å². The normalized spacial score (nSPS) is 10.5. The van der Waals surface area contributed by atoms with Gasteiger partial charge in [0.15, 0.2) is 5.16 Å². The van der Waals surface area contributed by atoms with Crippen LogP contribution in [-0.4, -0.2) is 54.3 Å². The number of ether oxygens (including phenoxy) is 3. The summed E-state index contributed by atoms with van der Waals surface area (Å²) >= 11 is 7.37. The van der Waals surface area contributed by atoms with E-state index in [9.17, 15) is 4.79 Å². The fraction of sp³-hybridized carbons (Fsp3) is 0.261. The van der Waals surface area contributed by atoms with E-state index in [1.54, 1.807) is 25.3 Å². The number of carbonyl (C=O) groups excluding carboxylic acids is 1. The van der Waals surface area contributed by atoms with Crippen molar-refractivity contribution in [1.82, 2.24) is 20.1 Å². The number of carbonyl (C=O) groups is 1. The summed E-state index contributed by atoms with van der Waals surface area (Å²) in [5, 5.41) is 12.8. The van der Waals surface area contributed by atoms with Crippen LogP contribution in [0.3, 0.4) is 0 Å². The summed E-state index contributed by atoms with van der Waals surface area (Å²) in [4.78, 5) is 12.8. The van der Waals surface area contributed by atoms with E-state index in [1.807, 2.05) is 28.8 Å². The monoisotopic (exact) mass is 488 g/mol. The molecule has 0 radical (unpaired) electrons. The fourth-order valence-electron chi connectivity index (χ4n) is 3.14. The van der Waals surface area contributed by atoms with Gasteiger partial charge < -0.3 is 19.5 Å². The van der Waals surface area contributed by atoms with Crippen LogP contribution in [0.15, 0.2) is 59.2 Å². The van der Waals surface area contributed by atoms with E-state index < -0.39 is 0 Å². The molecule has 0 aliphatic heterocycles. The highest BCUT2D eigenvalue weighted by molar-refractivity contribution is 7.99. The van der Waals surface area contributed by atoms with Crippen molar-refractivity contribution in [2.24, 2.45) is 0 Å². The molecule has 0 fully saturated rings. The van der Waals surface area contributed by atoms with E-state index in [0.717, 1.165) is 11.4 Å². The van der Waals surface area contributed by atoms with Gasteiger partial charge in [0.25, 0.3) is 5.91 Å². The summed E-state index contributed by atoms with van der Waals surface area (Å²) in [6.07, 6.45) is 0.449. The number of benzene rings is 2. The predicted molar refractivity (Wildman–Crippen MR) is 129 cm³/mol. The largest absolute Gasteiger partial charge is 0.497 e. The third-order valence-corrected chi connectivity index (χ3v) is 5.99. The molecule has 1 N–H and O–H groups in total. The summed E-state index contributed by atoms with van der Waals surface area (Å²) in [5.74, 6) is 2.51. The third kappa shape index (κ3) is 6.00. The molecule has 1 amide bonds. The molecule has 8 nitrogen and oxygen atoms in total. The zero-order valence-corrected chi connectivity index (χ0v) is 20.2. The molecule has 3 aromatic rings. The standard InChI is InChI=1S/C23H25ClN4O4S/c1-15(24)14-33-23-27-26-20(28(23)16-8-10-17(30-2)11-9-16)12-13-25-22(29)21-18(31-3)6-5-7-19(21)32-4/h5-11H,1,12-14H2,2-4H3,(H,25,29). The van der Waals surface area contributed by atoms with Crippen molar-refractivity contribution in [3.05, 3.63) is 65.5 Å². The van der Waals surface area contributed by atoms with Crippen LogP contribution in [0, 0.1) is 0 Å². The predicted octanol–water partition coefficient (Wildman–Crippen LogP) is 4.11. The second-order valence-corrected chi connectivity index (χ2v) is 8.26. The molecule has 0 unspecified atom stereocenters. The maximum absolute atomic E-state index is 12.8. The van der Waals surface area contributed by atoms with Gasteiger partial charge in [-0.2, -0.15) is 0 Å². The number of rotatable bonds is 11. The minimum atomic E-state index is -0.298. The first-order valence-corrected chi connectivity index (χ1v) is 11.4. The first kappa shape index (κ1) is 24.5. The van der Waals surface area contributed by atoms with Crippen molar-refractivity contribution < 1.29 is 19.0 Å². The fourth-order valence-corrected chi connectivity index (χ4v) is 4.03. The van der Waals surface area contributed by atoms with Crippen LogP contribution in [0.25, 0.3) is 5.69 Å². The van der Waals surface area contributed by atoms with Gasteiger partial charge in [-0.1, -0.05) is 36.0 Å². The minimum absolute atomic E-state index is 0.298. The van der Waals surface area contributed by atoms with E-state index in [4.69, 9.17) is 25.8 Å². The van der Waals surface area contributed by atoms with Crippen molar-refractivity contribution in [2.45, 2.75) is 11.6 Å². The van der Waals surface area contributed by atoms with Gasteiger partial charge >= 0.3 is 0 Å². The lowest BCUT2D eigenvalue weighted by Crippen LogP contribution is -2.27. The summed E-state index contributed by atoms with van der Waals surface area (Å²) in [6.45, 7) is 4.07. The Bertz CT molecular complexity index is 1100. The van der Waals surface area contributed by atoms with Crippen LogP contribution in [0.2, 0.25) is 0 Å². The quantitative estimate of drug-likeness (QED) is 0.406. The molecule has 0 atom stereocenters. The van der Waals surface area contributed by atoms with E-state index in [0.29, 0.717) is 51.8 Å². The Morgan fingerprint density at radius 3 is 2.30 bits per heavy atom. The molecule has 0 aliphatic carbocycles. The van der Waals surface area contributed by atoms with Crippen molar-refractivity contribution in [3.8, 4) is 22.9 Å². The molecular weight excluding hydrogens is 464 g/mol. The molecule has 0 spiro atoms. The van der Waals surface area contributed by atoms with Crippen molar-refractivity contribution in [3.63, 3.8) is 0 Å². The average Bonchev–Trinajstić information content (AvgIpc) is 3.24. The van der Waals surface area contributed by atoms with Gasteiger partial charge in [-0.3, -0.25) is 9.36 Å². The highest BCUT2D eigenvalue weighted by Gasteiger charge is 2.19. The number of nitrogens with zero attached hydrogens (tertiary/aromatic N) is 3. The second-order valence-electron chi connectivity index (χ2n) is 6.78. The molecule has 0 aliphatic rings. The highest BCUT2D eigenvalue weighted by atomic mass is 35.5. The molecule has 10 heteroatoms. The van der Waals surface area contributed by atoms with E-state index in [-0.39, 0.29) is 5.91 Å². The van der Waals surface area contributed by atoms with Gasteiger partial charge in [0, 0.05) is 29.4 Å². The van der Waals surface area contributed by atoms with Gasteiger partial charge in [0.05, 0.1) is 21.3 Å². The Labute approximate surface area is 201 Å². The van der Waals surface area contributed by atoms with E-state index in [1.165, 1.54) is 26.0 Å². The SMILES string of the molecule is C=C(Cl)CSc1nnc(CCNC(=O)c2c(OC)cccc2OC)n1-c1ccc(OC)cc1. The van der Waals surface area contributed by atoms with Crippen LogP contribution in [0.5, 0.6) is 17.2 Å². The number of aromatic nitrogens is 3. The highest BCUT2D eigenvalue weighted by Crippen LogP contribution is 2.28. The number of methoxy groups -OCH3 is 3. The lowest BCUT2D eigenvalue weighted by Gasteiger charge is -2.13. The maximum Gasteiger partial charge on any atom is 0.258 e. The smallest absolute Gasteiger partial charge is 0.258 e. The second kappa shape index (κ2) is 11.6. The molecule has 1 aromatic heterocycles. The molecule has 2 aromatic carbocycles.